The molecule has 0 saturated carbocycles. The number of amides is 1. The lowest BCUT2D eigenvalue weighted by molar-refractivity contribution is 0.0952. The maximum Gasteiger partial charge on any atom is 0.275 e. The monoisotopic (exact) mass is 370 g/mol. The first-order valence-corrected chi connectivity index (χ1v) is 8.84. The molecule has 6 heteroatoms. The molecule has 0 aliphatic carbocycles. The van der Waals surface area contributed by atoms with Crippen molar-refractivity contribution in [2.24, 2.45) is 5.10 Å². The van der Waals surface area contributed by atoms with Crippen molar-refractivity contribution in [3.8, 4) is 17.2 Å². The van der Waals surface area contributed by atoms with Gasteiger partial charge in [-0.05, 0) is 52.0 Å². The molecule has 0 aliphatic heterocycles. The molecule has 0 saturated heterocycles. The van der Waals surface area contributed by atoms with Gasteiger partial charge in [0, 0.05) is 11.6 Å². The summed E-state index contributed by atoms with van der Waals surface area (Å²) in [5.74, 6) is 1.49. The predicted octanol–water partition coefficient (Wildman–Crippen LogP) is 4.03. The van der Waals surface area contributed by atoms with Gasteiger partial charge in [-0.15, -0.1) is 0 Å². The van der Waals surface area contributed by atoms with E-state index in [2.05, 4.69) is 10.5 Å². The Bertz CT molecular complexity index is 801. The van der Waals surface area contributed by atoms with Gasteiger partial charge in [0.15, 0.2) is 0 Å². The molecule has 27 heavy (non-hydrogen) atoms. The van der Waals surface area contributed by atoms with Crippen molar-refractivity contribution in [1.29, 1.82) is 0 Å². The number of nitrogens with zero attached hydrogens (tertiary/aromatic N) is 1. The van der Waals surface area contributed by atoms with E-state index in [0.717, 1.165) is 11.3 Å². The molecule has 6 nitrogen and oxygen atoms in total. The Kier molecular flexibility index (Phi) is 7.23. The second-order valence-corrected chi connectivity index (χ2v) is 6.43. The first-order valence-electron chi connectivity index (χ1n) is 8.84. The molecule has 0 heterocycles. The minimum absolute atomic E-state index is 0.00498. The van der Waals surface area contributed by atoms with E-state index in [1.54, 1.807) is 30.5 Å². The zero-order valence-electron chi connectivity index (χ0n) is 16.4. The number of rotatable bonds is 8. The highest BCUT2D eigenvalue weighted by atomic mass is 16.5. The molecule has 0 spiro atoms. The zero-order valence-corrected chi connectivity index (χ0v) is 16.4. The third kappa shape index (κ3) is 6.02. The number of carbonyl (C=O) groups excluding carboxylic acids is 1. The van der Waals surface area contributed by atoms with Crippen LogP contribution in [-0.4, -0.2) is 31.4 Å². The normalized spacial score (nSPS) is 11.1. The number of para-hydroxylation sites is 1. The summed E-state index contributed by atoms with van der Waals surface area (Å²) in [6.45, 7) is 7.82. The number of benzene rings is 2. The summed E-state index contributed by atoms with van der Waals surface area (Å²) in [5, 5.41) is 4.05. The number of hydrazone groups is 1. The highest BCUT2D eigenvalue weighted by Crippen LogP contribution is 2.25. The van der Waals surface area contributed by atoms with E-state index < -0.39 is 0 Å². The Labute approximate surface area is 160 Å². The fraction of sp³-hybridized carbons (Fsp3) is 0.333. The summed E-state index contributed by atoms with van der Waals surface area (Å²) in [7, 11) is 1.52. The maximum atomic E-state index is 12.3. The van der Waals surface area contributed by atoms with Gasteiger partial charge in [0.1, 0.15) is 17.2 Å². The molecule has 2 rings (SSSR count). The molecule has 0 bridgehead atoms. The summed E-state index contributed by atoms with van der Waals surface area (Å²) in [4.78, 5) is 12.3. The number of hydrogen-bond acceptors (Lipinski definition) is 5. The van der Waals surface area contributed by atoms with E-state index in [9.17, 15) is 4.79 Å². The van der Waals surface area contributed by atoms with Crippen LogP contribution in [0.5, 0.6) is 17.2 Å². The van der Waals surface area contributed by atoms with E-state index in [4.69, 9.17) is 14.2 Å². The smallest absolute Gasteiger partial charge is 0.275 e. The van der Waals surface area contributed by atoms with Gasteiger partial charge in [-0.2, -0.15) is 5.10 Å². The van der Waals surface area contributed by atoms with Gasteiger partial charge in [0.25, 0.3) is 5.91 Å². The van der Waals surface area contributed by atoms with Gasteiger partial charge in [-0.3, -0.25) is 4.79 Å². The second kappa shape index (κ2) is 9.62. The summed E-state index contributed by atoms with van der Waals surface area (Å²) >= 11 is 0. The van der Waals surface area contributed by atoms with Crippen LogP contribution in [0.25, 0.3) is 0 Å². The lowest BCUT2D eigenvalue weighted by Gasteiger charge is -2.15. The molecule has 0 aliphatic rings. The van der Waals surface area contributed by atoms with Crippen LogP contribution in [0, 0.1) is 0 Å². The van der Waals surface area contributed by atoms with E-state index >= 15 is 0 Å². The van der Waals surface area contributed by atoms with Gasteiger partial charge >= 0.3 is 0 Å². The molecule has 0 radical (unpaired) electrons. The highest BCUT2D eigenvalue weighted by Gasteiger charge is 2.11. The molecule has 2 aromatic rings. The number of ether oxygens (including phenoxy) is 3. The van der Waals surface area contributed by atoms with Gasteiger partial charge in [0.2, 0.25) is 0 Å². The van der Waals surface area contributed by atoms with Crippen LogP contribution in [0.15, 0.2) is 47.6 Å². The predicted molar refractivity (Wildman–Crippen MR) is 106 cm³/mol. The fourth-order valence-electron chi connectivity index (χ4n) is 2.38. The Morgan fingerprint density at radius 3 is 2.37 bits per heavy atom. The summed E-state index contributed by atoms with van der Waals surface area (Å²) in [6.07, 6.45) is 1.61. The van der Waals surface area contributed by atoms with Crippen molar-refractivity contribution in [3.63, 3.8) is 0 Å². The molecule has 0 unspecified atom stereocenters. The first kappa shape index (κ1) is 20.3. The lowest BCUT2D eigenvalue weighted by Crippen LogP contribution is -2.18. The number of nitrogens with one attached hydrogen (secondary N) is 1. The van der Waals surface area contributed by atoms with E-state index in [1.807, 2.05) is 45.9 Å². The average Bonchev–Trinajstić information content (AvgIpc) is 2.62. The van der Waals surface area contributed by atoms with E-state index in [-0.39, 0.29) is 18.1 Å². The van der Waals surface area contributed by atoms with E-state index in [1.165, 1.54) is 7.11 Å². The third-order valence-corrected chi connectivity index (χ3v) is 3.44. The Morgan fingerprint density at radius 2 is 1.70 bits per heavy atom. The minimum Gasteiger partial charge on any atom is -0.496 e. The standard InChI is InChI=1S/C21H26N2O4/c1-14(2)26-17-11-10-16(20(12-17)27-15(3)4)13-22-23-21(24)18-8-6-7-9-19(18)25-5/h6-15H,1-5H3,(H,23,24)/b22-13-. The van der Waals surface area contributed by atoms with Gasteiger partial charge < -0.3 is 14.2 Å². The molecule has 0 atom stereocenters. The van der Waals surface area contributed by atoms with Crippen LogP contribution in [0.3, 0.4) is 0 Å². The van der Waals surface area contributed by atoms with Gasteiger partial charge in [0.05, 0.1) is 31.1 Å². The van der Waals surface area contributed by atoms with Crippen molar-refractivity contribution < 1.29 is 19.0 Å². The molecule has 144 valence electrons. The Morgan fingerprint density at radius 1 is 1.00 bits per heavy atom. The van der Waals surface area contributed by atoms with Crippen LogP contribution < -0.4 is 19.6 Å². The van der Waals surface area contributed by atoms with Gasteiger partial charge in [-0.25, -0.2) is 5.43 Å². The molecule has 1 amide bonds. The highest BCUT2D eigenvalue weighted by molar-refractivity contribution is 5.97. The first-order chi connectivity index (χ1) is 12.9. The fourth-order valence-corrected chi connectivity index (χ4v) is 2.38. The van der Waals surface area contributed by atoms with Crippen LogP contribution in [0.2, 0.25) is 0 Å². The van der Waals surface area contributed by atoms with Crippen molar-refractivity contribution >= 4 is 12.1 Å². The average molecular weight is 370 g/mol. The van der Waals surface area contributed by atoms with Crippen molar-refractivity contribution in [3.05, 3.63) is 53.6 Å². The minimum atomic E-state index is -0.352. The van der Waals surface area contributed by atoms with Crippen LogP contribution >= 0.6 is 0 Å². The van der Waals surface area contributed by atoms with Crippen molar-refractivity contribution in [2.45, 2.75) is 39.9 Å². The lowest BCUT2D eigenvalue weighted by atomic mass is 10.2. The summed E-state index contributed by atoms with van der Waals surface area (Å²) in [6, 6.07) is 12.5. The van der Waals surface area contributed by atoms with Crippen molar-refractivity contribution in [2.75, 3.05) is 7.11 Å². The summed E-state index contributed by atoms with van der Waals surface area (Å²) in [5.41, 5.74) is 3.66. The van der Waals surface area contributed by atoms with Gasteiger partial charge in [-0.1, -0.05) is 12.1 Å². The van der Waals surface area contributed by atoms with Crippen LogP contribution in [-0.2, 0) is 0 Å². The Hall–Kier alpha value is -3.02. The summed E-state index contributed by atoms with van der Waals surface area (Å²) < 4.78 is 16.7. The second-order valence-electron chi connectivity index (χ2n) is 6.43. The third-order valence-electron chi connectivity index (χ3n) is 3.44. The number of methoxy groups -OCH3 is 1. The molecule has 1 N–H and O–H groups in total. The molecule has 0 fully saturated rings. The molecular formula is C21H26N2O4. The maximum absolute atomic E-state index is 12.3. The van der Waals surface area contributed by atoms with Crippen molar-refractivity contribution in [1.82, 2.24) is 5.43 Å². The molecular weight excluding hydrogens is 344 g/mol. The van der Waals surface area contributed by atoms with E-state index in [0.29, 0.717) is 17.1 Å². The van der Waals surface area contributed by atoms with Crippen LogP contribution in [0.4, 0.5) is 0 Å². The zero-order chi connectivity index (χ0) is 19.8. The Balaban J connectivity index is 2.16. The topological polar surface area (TPSA) is 69.2 Å². The van der Waals surface area contributed by atoms with Crippen LogP contribution in [0.1, 0.15) is 43.6 Å². The quantitative estimate of drug-likeness (QED) is 0.563. The molecule has 2 aromatic carbocycles. The largest absolute Gasteiger partial charge is 0.496 e. The molecule has 0 aromatic heterocycles. The number of carbonyl (C=O) groups is 1. The SMILES string of the molecule is COc1ccccc1C(=O)N/N=C\c1ccc(OC(C)C)cc1OC(C)C. The number of hydrogen-bond donors (Lipinski definition) is 1.